The summed E-state index contributed by atoms with van der Waals surface area (Å²) in [4.78, 5) is 20.5. The Hall–Kier alpha value is -1.50. The topological polar surface area (TPSA) is 63.7 Å². The van der Waals surface area contributed by atoms with Gasteiger partial charge in [-0.15, -0.1) is 0 Å². The number of amides is 1. The van der Waals surface area contributed by atoms with E-state index in [2.05, 4.69) is 42.0 Å². The molecule has 0 radical (unpaired) electrons. The number of hydrogen-bond acceptors (Lipinski definition) is 5. The van der Waals surface area contributed by atoms with Crippen molar-refractivity contribution in [1.82, 2.24) is 15.2 Å². The van der Waals surface area contributed by atoms with Crippen LogP contribution in [0, 0.1) is 18.3 Å². The molecule has 6 nitrogen and oxygen atoms in total. The maximum Gasteiger partial charge on any atom is 0.229 e. The number of nitrogens with one attached hydrogen (secondary N) is 1. The number of aromatic nitrogens is 1. The Balaban J connectivity index is 1.46. The number of ether oxygens (including phenoxy) is 2. The minimum absolute atomic E-state index is 0.0952. The zero-order chi connectivity index (χ0) is 21.3. The summed E-state index contributed by atoms with van der Waals surface area (Å²) in [7, 11) is 1.76. The van der Waals surface area contributed by atoms with E-state index in [0.717, 1.165) is 56.5 Å². The molecule has 1 aliphatic carbocycles. The molecule has 0 spiro atoms. The van der Waals surface area contributed by atoms with Gasteiger partial charge >= 0.3 is 0 Å². The predicted octanol–water partition coefficient (Wildman–Crippen LogP) is 2.86. The lowest BCUT2D eigenvalue weighted by Gasteiger charge is -2.40. The van der Waals surface area contributed by atoms with Crippen molar-refractivity contribution < 1.29 is 14.3 Å². The van der Waals surface area contributed by atoms with Gasteiger partial charge in [-0.25, -0.2) is 0 Å². The fraction of sp³-hybridized carbons (Fsp3) is 0.750. The van der Waals surface area contributed by atoms with Crippen molar-refractivity contribution in [2.24, 2.45) is 11.3 Å². The molecule has 166 valence electrons. The fourth-order valence-electron chi connectivity index (χ4n) is 5.65. The minimum Gasteiger partial charge on any atom is -0.379 e. The molecule has 1 amide bonds. The van der Waals surface area contributed by atoms with E-state index in [9.17, 15) is 4.79 Å². The number of aryl methyl sites for hydroxylation is 1. The van der Waals surface area contributed by atoms with E-state index >= 15 is 0 Å². The number of methoxy groups -OCH3 is 1. The van der Waals surface area contributed by atoms with Gasteiger partial charge in [0.1, 0.15) is 0 Å². The van der Waals surface area contributed by atoms with Crippen molar-refractivity contribution in [2.75, 3.05) is 26.9 Å². The van der Waals surface area contributed by atoms with Crippen molar-refractivity contribution in [1.29, 1.82) is 0 Å². The van der Waals surface area contributed by atoms with Gasteiger partial charge in [0.25, 0.3) is 0 Å². The summed E-state index contributed by atoms with van der Waals surface area (Å²) in [5, 5.41) is 3.82. The van der Waals surface area contributed by atoms with Gasteiger partial charge in [-0.2, -0.15) is 0 Å². The number of carbonyl (C=O) groups excluding carboxylic acids is 1. The summed E-state index contributed by atoms with van der Waals surface area (Å²) >= 11 is 0. The average molecular weight is 416 g/mol. The largest absolute Gasteiger partial charge is 0.379 e. The van der Waals surface area contributed by atoms with Gasteiger partial charge in [-0.3, -0.25) is 9.78 Å². The van der Waals surface area contributed by atoms with Gasteiger partial charge in [0.05, 0.1) is 18.1 Å². The second-order valence-electron chi connectivity index (χ2n) is 9.76. The van der Waals surface area contributed by atoms with E-state index in [0.29, 0.717) is 37.1 Å². The zero-order valence-corrected chi connectivity index (χ0v) is 18.9. The van der Waals surface area contributed by atoms with Crippen LogP contribution in [0.1, 0.15) is 56.4 Å². The monoisotopic (exact) mass is 415 g/mol. The molecule has 4 atom stereocenters. The Morgan fingerprint density at radius 2 is 2.23 bits per heavy atom. The van der Waals surface area contributed by atoms with E-state index in [1.165, 1.54) is 5.56 Å². The Morgan fingerprint density at radius 1 is 1.40 bits per heavy atom. The molecule has 1 aromatic rings. The molecule has 4 rings (SSSR count). The first-order valence-electron chi connectivity index (χ1n) is 11.5. The molecule has 6 heteroatoms. The van der Waals surface area contributed by atoms with Crippen LogP contribution in [0.3, 0.4) is 0 Å². The highest BCUT2D eigenvalue weighted by Gasteiger charge is 2.50. The van der Waals surface area contributed by atoms with Crippen molar-refractivity contribution >= 4 is 5.91 Å². The van der Waals surface area contributed by atoms with Crippen molar-refractivity contribution in [3.05, 3.63) is 29.1 Å². The van der Waals surface area contributed by atoms with Crippen molar-refractivity contribution in [2.45, 2.75) is 77.6 Å². The maximum atomic E-state index is 13.8. The number of hydrogen-bond donors (Lipinski definition) is 1. The summed E-state index contributed by atoms with van der Waals surface area (Å²) < 4.78 is 11.2. The standard InChI is InChI=1S/C24H37N3O3/c1-16(2)24(8-5-19(12-24)26-21-7-10-30-15-22(21)29-4)23(28)27-9-6-20-18(14-27)11-17(3)13-25-20/h11,13,16,19,21-22,26H,5-10,12,14-15H2,1-4H3/t19-,21+,22-,24+/m1/s1. The van der Waals surface area contributed by atoms with Crippen LogP contribution in [0.4, 0.5) is 0 Å². The number of carbonyl (C=O) groups is 1. The van der Waals surface area contributed by atoms with Crippen LogP contribution in [-0.2, 0) is 27.2 Å². The summed E-state index contributed by atoms with van der Waals surface area (Å²) in [6, 6.07) is 2.86. The summed E-state index contributed by atoms with van der Waals surface area (Å²) in [6.07, 6.45) is 6.76. The molecule has 1 saturated carbocycles. The summed E-state index contributed by atoms with van der Waals surface area (Å²) in [6.45, 7) is 9.41. The van der Waals surface area contributed by atoms with Crippen LogP contribution < -0.4 is 5.32 Å². The van der Waals surface area contributed by atoms with E-state index in [1.807, 2.05) is 6.20 Å². The highest BCUT2D eigenvalue weighted by molar-refractivity contribution is 5.83. The number of rotatable bonds is 5. The lowest BCUT2D eigenvalue weighted by molar-refractivity contribution is -0.146. The predicted molar refractivity (Wildman–Crippen MR) is 116 cm³/mol. The van der Waals surface area contributed by atoms with E-state index in [1.54, 1.807) is 7.11 Å². The van der Waals surface area contributed by atoms with Crippen LogP contribution in [0.25, 0.3) is 0 Å². The molecule has 1 N–H and O–H groups in total. The van der Waals surface area contributed by atoms with Gasteiger partial charge in [0.15, 0.2) is 0 Å². The van der Waals surface area contributed by atoms with Gasteiger partial charge < -0.3 is 19.7 Å². The smallest absolute Gasteiger partial charge is 0.229 e. The average Bonchev–Trinajstić information content (AvgIpc) is 3.18. The molecule has 3 heterocycles. The SMILES string of the molecule is CO[C@@H]1COCC[C@@H]1N[C@@H]1CC[C@@](C(=O)N2CCc3ncc(C)cc3C2)(C(C)C)C1. The Bertz CT molecular complexity index is 768. The van der Waals surface area contributed by atoms with Gasteiger partial charge in [0.2, 0.25) is 5.91 Å². The van der Waals surface area contributed by atoms with Gasteiger partial charge in [-0.1, -0.05) is 19.9 Å². The van der Waals surface area contributed by atoms with Crippen LogP contribution >= 0.6 is 0 Å². The molecular weight excluding hydrogens is 378 g/mol. The number of pyridine rings is 1. The zero-order valence-electron chi connectivity index (χ0n) is 18.9. The van der Waals surface area contributed by atoms with Crippen molar-refractivity contribution in [3.8, 4) is 0 Å². The number of fused-ring (bicyclic) bond motifs is 1. The molecule has 1 aromatic heterocycles. The van der Waals surface area contributed by atoms with Crippen LogP contribution in [0.5, 0.6) is 0 Å². The van der Waals surface area contributed by atoms with Crippen LogP contribution in [0.15, 0.2) is 12.3 Å². The quantitative estimate of drug-likeness (QED) is 0.801. The molecule has 0 bridgehead atoms. The lowest BCUT2D eigenvalue weighted by atomic mass is 9.74. The first-order chi connectivity index (χ1) is 14.4. The number of nitrogens with zero attached hydrogens (tertiary/aromatic N) is 2. The van der Waals surface area contributed by atoms with E-state index in [4.69, 9.17) is 9.47 Å². The third kappa shape index (κ3) is 4.14. The Labute approximate surface area is 180 Å². The Kier molecular flexibility index (Phi) is 6.47. The van der Waals surface area contributed by atoms with Gasteiger partial charge in [0, 0.05) is 57.2 Å². The molecule has 0 aromatic carbocycles. The highest BCUT2D eigenvalue weighted by atomic mass is 16.5. The Morgan fingerprint density at radius 3 is 3.00 bits per heavy atom. The lowest BCUT2D eigenvalue weighted by Crippen LogP contribution is -2.52. The van der Waals surface area contributed by atoms with Gasteiger partial charge in [-0.05, 0) is 49.7 Å². The molecule has 2 aliphatic heterocycles. The second-order valence-corrected chi connectivity index (χ2v) is 9.76. The highest BCUT2D eigenvalue weighted by Crippen LogP contribution is 2.46. The molecule has 3 aliphatic rings. The fourth-order valence-corrected chi connectivity index (χ4v) is 5.65. The van der Waals surface area contributed by atoms with Crippen molar-refractivity contribution in [3.63, 3.8) is 0 Å². The summed E-state index contributed by atoms with van der Waals surface area (Å²) in [5.41, 5.74) is 3.25. The first-order valence-corrected chi connectivity index (χ1v) is 11.5. The van der Waals surface area contributed by atoms with E-state index < -0.39 is 0 Å². The molecular formula is C24H37N3O3. The third-order valence-electron chi connectivity index (χ3n) is 7.60. The maximum absolute atomic E-state index is 13.8. The third-order valence-corrected chi connectivity index (χ3v) is 7.60. The first kappa shape index (κ1) is 21.7. The molecule has 0 unspecified atom stereocenters. The van der Waals surface area contributed by atoms with Crippen LogP contribution in [0.2, 0.25) is 0 Å². The molecule has 30 heavy (non-hydrogen) atoms. The second kappa shape index (κ2) is 8.93. The molecule has 2 fully saturated rings. The molecule has 1 saturated heterocycles. The van der Waals surface area contributed by atoms with E-state index in [-0.39, 0.29) is 11.5 Å². The van der Waals surface area contributed by atoms with Crippen LogP contribution in [-0.4, -0.2) is 60.8 Å². The summed E-state index contributed by atoms with van der Waals surface area (Å²) in [5.74, 6) is 0.658. The normalized spacial score (nSPS) is 31.8. The minimum atomic E-state index is -0.278.